The molecule has 2 N–H and O–H groups in total. The van der Waals surface area contributed by atoms with E-state index in [-0.39, 0.29) is 0 Å². The molecule has 0 heterocycles. The lowest BCUT2D eigenvalue weighted by molar-refractivity contribution is 0.0810. The molecular weight excluding hydrogens is 126 g/mol. The van der Waals surface area contributed by atoms with Gasteiger partial charge in [-0.15, -0.1) is 6.58 Å². The normalized spacial score (nSPS) is 13.0. The van der Waals surface area contributed by atoms with Crippen LogP contribution in [0.3, 0.4) is 0 Å². The second kappa shape index (κ2) is 6.78. The molecule has 0 amide bonds. The van der Waals surface area contributed by atoms with Crippen LogP contribution in [0.1, 0.15) is 19.8 Å². The fourth-order valence-corrected chi connectivity index (χ4v) is 0.721. The number of hydrogen-bond donors (Lipinski definition) is 1. The van der Waals surface area contributed by atoms with Gasteiger partial charge in [-0.2, -0.15) is 0 Å². The zero-order valence-electron chi connectivity index (χ0n) is 6.68. The van der Waals surface area contributed by atoms with Crippen LogP contribution in [-0.2, 0) is 4.74 Å². The number of nitrogens with two attached hydrogens (primary N) is 1. The Kier molecular flexibility index (Phi) is 6.55. The second-order valence-electron chi connectivity index (χ2n) is 2.36. The van der Waals surface area contributed by atoms with E-state index in [1.54, 1.807) is 6.08 Å². The highest BCUT2D eigenvalue weighted by molar-refractivity contribution is 4.65. The topological polar surface area (TPSA) is 35.2 Å². The largest absolute Gasteiger partial charge is 0.374 e. The minimum atomic E-state index is 0.321. The highest BCUT2D eigenvalue weighted by atomic mass is 16.5. The zero-order valence-corrected chi connectivity index (χ0v) is 6.68. The van der Waals surface area contributed by atoms with Gasteiger partial charge >= 0.3 is 0 Å². The van der Waals surface area contributed by atoms with Crippen molar-refractivity contribution >= 4 is 0 Å². The summed E-state index contributed by atoms with van der Waals surface area (Å²) in [5.74, 6) is 0. The number of ether oxygens (including phenoxy) is 1. The van der Waals surface area contributed by atoms with E-state index >= 15 is 0 Å². The van der Waals surface area contributed by atoms with Crippen molar-refractivity contribution in [3.8, 4) is 0 Å². The Labute approximate surface area is 63.1 Å². The molecule has 0 fully saturated rings. The van der Waals surface area contributed by atoms with Crippen LogP contribution in [-0.4, -0.2) is 19.3 Å². The molecule has 10 heavy (non-hydrogen) atoms. The maximum atomic E-state index is 5.33. The van der Waals surface area contributed by atoms with E-state index in [1.165, 1.54) is 0 Å². The lowest BCUT2D eigenvalue weighted by atomic mass is 10.2. The molecule has 0 aromatic rings. The van der Waals surface area contributed by atoms with Gasteiger partial charge in [-0.3, -0.25) is 0 Å². The predicted octanol–water partition coefficient (Wildman–Crippen LogP) is 1.32. The molecule has 0 bridgehead atoms. The molecule has 1 atom stereocenters. The Bertz CT molecular complexity index is 83.3. The third-order valence-electron chi connectivity index (χ3n) is 1.31. The van der Waals surface area contributed by atoms with Gasteiger partial charge in [-0.25, -0.2) is 0 Å². The molecule has 0 saturated carbocycles. The number of hydrogen-bond acceptors (Lipinski definition) is 2. The van der Waals surface area contributed by atoms with Gasteiger partial charge in [0.1, 0.15) is 0 Å². The SMILES string of the molecule is C=CCOC(C)CCCN. The molecule has 0 radical (unpaired) electrons. The maximum Gasteiger partial charge on any atom is 0.0648 e. The van der Waals surface area contributed by atoms with E-state index in [4.69, 9.17) is 10.5 Å². The maximum absolute atomic E-state index is 5.33. The molecule has 1 unspecified atom stereocenters. The first-order valence-corrected chi connectivity index (χ1v) is 3.73. The van der Waals surface area contributed by atoms with E-state index < -0.39 is 0 Å². The van der Waals surface area contributed by atoms with E-state index in [9.17, 15) is 0 Å². The van der Waals surface area contributed by atoms with Crippen molar-refractivity contribution in [1.82, 2.24) is 0 Å². The fourth-order valence-electron chi connectivity index (χ4n) is 0.721. The minimum Gasteiger partial charge on any atom is -0.374 e. The van der Waals surface area contributed by atoms with Crippen molar-refractivity contribution in [2.24, 2.45) is 5.73 Å². The van der Waals surface area contributed by atoms with Crippen LogP contribution in [0.15, 0.2) is 12.7 Å². The van der Waals surface area contributed by atoms with Gasteiger partial charge in [0.25, 0.3) is 0 Å². The lowest BCUT2D eigenvalue weighted by Gasteiger charge is -2.09. The summed E-state index contributed by atoms with van der Waals surface area (Å²) in [5, 5.41) is 0. The van der Waals surface area contributed by atoms with Crippen LogP contribution in [0.5, 0.6) is 0 Å². The summed E-state index contributed by atoms with van der Waals surface area (Å²) in [7, 11) is 0. The van der Waals surface area contributed by atoms with Crippen LogP contribution in [0.4, 0.5) is 0 Å². The summed E-state index contributed by atoms with van der Waals surface area (Å²) in [5.41, 5.74) is 5.33. The highest BCUT2D eigenvalue weighted by Crippen LogP contribution is 1.99. The van der Waals surface area contributed by atoms with Crippen molar-refractivity contribution in [2.75, 3.05) is 13.2 Å². The summed E-state index contributed by atoms with van der Waals surface area (Å²) in [6, 6.07) is 0. The van der Waals surface area contributed by atoms with Crippen molar-refractivity contribution in [3.05, 3.63) is 12.7 Å². The van der Waals surface area contributed by atoms with E-state index in [0.29, 0.717) is 12.7 Å². The Hall–Kier alpha value is -0.340. The molecule has 2 heteroatoms. The van der Waals surface area contributed by atoms with Crippen LogP contribution < -0.4 is 5.73 Å². The van der Waals surface area contributed by atoms with Gasteiger partial charge < -0.3 is 10.5 Å². The van der Waals surface area contributed by atoms with E-state index in [0.717, 1.165) is 19.4 Å². The molecule has 0 aromatic carbocycles. The smallest absolute Gasteiger partial charge is 0.0648 e. The molecule has 0 aliphatic carbocycles. The van der Waals surface area contributed by atoms with Gasteiger partial charge in [0.2, 0.25) is 0 Å². The minimum absolute atomic E-state index is 0.321. The van der Waals surface area contributed by atoms with Gasteiger partial charge in [-0.1, -0.05) is 6.08 Å². The molecule has 0 rings (SSSR count). The Morgan fingerprint density at radius 1 is 1.70 bits per heavy atom. The Balaban J connectivity index is 3.07. The summed E-state index contributed by atoms with van der Waals surface area (Å²) in [4.78, 5) is 0. The average molecular weight is 143 g/mol. The molecular formula is C8H17NO. The fraction of sp³-hybridized carbons (Fsp3) is 0.750. The summed E-state index contributed by atoms with van der Waals surface area (Å²) < 4.78 is 5.32. The average Bonchev–Trinajstić information content (AvgIpc) is 1.97. The van der Waals surface area contributed by atoms with E-state index in [2.05, 4.69) is 13.5 Å². The first kappa shape index (κ1) is 9.66. The van der Waals surface area contributed by atoms with Gasteiger partial charge in [-0.05, 0) is 26.3 Å². The summed E-state index contributed by atoms with van der Waals surface area (Å²) >= 11 is 0. The molecule has 0 aliphatic rings. The van der Waals surface area contributed by atoms with Crippen LogP contribution >= 0.6 is 0 Å². The quantitative estimate of drug-likeness (QED) is 0.569. The standard InChI is InChI=1S/C8H17NO/c1-3-7-10-8(2)5-4-6-9/h3,8H,1,4-7,9H2,2H3. The molecule has 2 nitrogen and oxygen atoms in total. The Morgan fingerprint density at radius 3 is 2.90 bits per heavy atom. The third kappa shape index (κ3) is 5.79. The molecule has 0 aromatic heterocycles. The molecule has 0 spiro atoms. The summed E-state index contributed by atoms with van der Waals surface area (Å²) in [6.45, 7) is 7.01. The first-order valence-electron chi connectivity index (χ1n) is 3.73. The molecule has 60 valence electrons. The van der Waals surface area contributed by atoms with Gasteiger partial charge in [0.05, 0.1) is 12.7 Å². The second-order valence-corrected chi connectivity index (χ2v) is 2.36. The van der Waals surface area contributed by atoms with Crippen LogP contribution in [0, 0.1) is 0 Å². The summed E-state index contributed by atoms with van der Waals surface area (Å²) in [6.07, 6.45) is 4.17. The number of rotatable bonds is 6. The third-order valence-corrected chi connectivity index (χ3v) is 1.31. The molecule has 0 aliphatic heterocycles. The van der Waals surface area contributed by atoms with Crippen molar-refractivity contribution in [3.63, 3.8) is 0 Å². The van der Waals surface area contributed by atoms with Crippen LogP contribution in [0.25, 0.3) is 0 Å². The first-order chi connectivity index (χ1) is 4.81. The van der Waals surface area contributed by atoms with Crippen molar-refractivity contribution in [1.29, 1.82) is 0 Å². The zero-order chi connectivity index (χ0) is 7.82. The van der Waals surface area contributed by atoms with E-state index in [1.807, 2.05) is 0 Å². The monoisotopic (exact) mass is 143 g/mol. The van der Waals surface area contributed by atoms with Crippen LogP contribution in [0.2, 0.25) is 0 Å². The Morgan fingerprint density at radius 2 is 2.40 bits per heavy atom. The highest BCUT2D eigenvalue weighted by Gasteiger charge is 1.97. The molecule has 0 saturated heterocycles. The predicted molar refractivity (Wildman–Crippen MR) is 43.9 cm³/mol. The van der Waals surface area contributed by atoms with Gasteiger partial charge in [0, 0.05) is 0 Å². The van der Waals surface area contributed by atoms with Gasteiger partial charge in [0.15, 0.2) is 0 Å². The lowest BCUT2D eigenvalue weighted by Crippen LogP contribution is -2.10. The van der Waals surface area contributed by atoms with Crippen molar-refractivity contribution in [2.45, 2.75) is 25.9 Å². The van der Waals surface area contributed by atoms with Crippen molar-refractivity contribution < 1.29 is 4.74 Å².